The van der Waals surface area contributed by atoms with Crippen LogP contribution in [0.25, 0.3) is 10.6 Å². The highest BCUT2D eigenvalue weighted by Crippen LogP contribution is 2.29. The maximum atomic E-state index is 13.8. The zero-order valence-electron chi connectivity index (χ0n) is 12.7. The maximum Gasteiger partial charge on any atom is 0.273 e. The number of carbonyl (C=O) groups is 1. The molecule has 0 saturated carbocycles. The predicted octanol–water partition coefficient (Wildman–Crippen LogP) is 2.77. The van der Waals surface area contributed by atoms with Crippen molar-refractivity contribution in [1.29, 1.82) is 0 Å². The topological polar surface area (TPSA) is 45.2 Å². The molecule has 1 aromatic carbocycles. The summed E-state index contributed by atoms with van der Waals surface area (Å²) in [4.78, 5) is 18.4. The van der Waals surface area contributed by atoms with Crippen molar-refractivity contribution in [2.24, 2.45) is 5.92 Å². The molecule has 1 saturated heterocycles. The lowest BCUT2D eigenvalue weighted by atomic mass is 10.1. The zero-order valence-corrected chi connectivity index (χ0v) is 13.5. The van der Waals surface area contributed by atoms with Gasteiger partial charge in [-0.1, -0.05) is 6.07 Å². The first-order valence-corrected chi connectivity index (χ1v) is 8.32. The second kappa shape index (κ2) is 6.72. The second-order valence-corrected chi connectivity index (χ2v) is 6.46. The third-order valence-electron chi connectivity index (χ3n) is 3.97. The molecule has 0 bridgehead atoms. The van der Waals surface area contributed by atoms with Crippen LogP contribution in [-0.4, -0.2) is 42.5 Å². The molecule has 2 aromatic rings. The maximum absolute atomic E-state index is 13.8. The molecule has 122 valence electrons. The number of hydrogen-bond acceptors (Lipinski definition) is 4. The average molecular weight is 337 g/mol. The summed E-state index contributed by atoms with van der Waals surface area (Å²) >= 11 is 1.08. The quantitative estimate of drug-likeness (QED) is 0.933. The van der Waals surface area contributed by atoms with E-state index < -0.39 is 11.6 Å². The van der Waals surface area contributed by atoms with Crippen LogP contribution in [0.4, 0.5) is 8.78 Å². The van der Waals surface area contributed by atoms with E-state index in [1.807, 2.05) is 7.05 Å². The largest absolute Gasteiger partial charge is 0.337 e. The van der Waals surface area contributed by atoms with Crippen LogP contribution in [0.2, 0.25) is 0 Å². The van der Waals surface area contributed by atoms with E-state index in [1.54, 1.807) is 10.3 Å². The molecule has 4 nitrogen and oxygen atoms in total. The highest BCUT2D eigenvalue weighted by molar-refractivity contribution is 7.13. The monoisotopic (exact) mass is 337 g/mol. The van der Waals surface area contributed by atoms with Crippen molar-refractivity contribution in [2.75, 3.05) is 26.7 Å². The predicted molar refractivity (Wildman–Crippen MR) is 85.4 cm³/mol. The molecule has 0 spiro atoms. The molecule has 2 heterocycles. The third kappa shape index (κ3) is 3.25. The van der Waals surface area contributed by atoms with Gasteiger partial charge in [0.05, 0.1) is 5.56 Å². The molecule has 0 aliphatic carbocycles. The van der Waals surface area contributed by atoms with Crippen LogP contribution in [0.1, 0.15) is 16.9 Å². The normalized spacial score (nSPS) is 17.7. The summed E-state index contributed by atoms with van der Waals surface area (Å²) in [5, 5.41) is 4.87. The van der Waals surface area contributed by atoms with Gasteiger partial charge in [-0.05, 0) is 38.1 Å². The minimum absolute atomic E-state index is 0.175. The van der Waals surface area contributed by atoms with Gasteiger partial charge >= 0.3 is 0 Å². The highest BCUT2D eigenvalue weighted by Gasteiger charge is 2.28. The fraction of sp³-hybridized carbons (Fsp3) is 0.375. The van der Waals surface area contributed by atoms with E-state index in [0.29, 0.717) is 19.0 Å². The van der Waals surface area contributed by atoms with E-state index in [0.717, 1.165) is 24.3 Å². The Bertz CT molecular complexity index is 699. The molecule has 0 radical (unpaired) electrons. The first-order chi connectivity index (χ1) is 11.1. The first kappa shape index (κ1) is 16.0. The van der Waals surface area contributed by atoms with Gasteiger partial charge in [0.2, 0.25) is 0 Å². The number of hydrogen-bond donors (Lipinski definition) is 1. The van der Waals surface area contributed by atoms with Crippen molar-refractivity contribution in [3.63, 3.8) is 0 Å². The number of likely N-dealkylation sites (tertiary alicyclic amines) is 1. The van der Waals surface area contributed by atoms with Gasteiger partial charge in [0.1, 0.15) is 22.3 Å². The van der Waals surface area contributed by atoms with Gasteiger partial charge in [0, 0.05) is 18.5 Å². The lowest BCUT2D eigenvalue weighted by molar-refractivity contribution is 0.0782. The number of rotatable bonds is 4. The van der Waals surface area contributed by atoms with Crippen LogP contribution < -0.4 is 5.32 Å². The summed E-state index contributed by atoms with van der Waals surface area (Å²) < 4.78 is 27.6. The number of nitrogens with one attached hydrogen (secondary N) is 1. The number of aromatic nitrogens is 1. The summed E-state index contributed by atoms with van der Waals surface area (Å²) in [7, 11) is 1.89. The van der Waals surface area contributed by atoms with Crippen molar-refractivity contribution in [3.05, 3.63) is 40.9 Å². The Kier molecular flexibility index (Phi) is 4.68. The molecule has 7 heteroatoms. The standard InChI is InChI=1S/C16H17F2N3OS/c1-19-7-10-5-6-21(8-10)16(22)13-9-23-15(20-13)14-11(17)3-2-4-12(14)18/h2-4,9-10,19H,5-8H2,1H3. The van der Waals surface area contributed by atoms with Gasteiger partial charge in [0.25, 0.3) is 5.91 Å². The van der Waals surface area contributed by atoms with Crippen LogP contribution in [0.3, 0.4) is 0 Å². The molecule has 1 unspecified atom stereocenters. The molecule has 1 aliphatic rings. The summed E-state index contributed by atoms with van der Waals surface area (Å²) in [6.45, 7) is 2.24. The SMILES string of the molecule is CNCC1CCN(C(=O)c2csc(-c3c(F)cccc3F)n2)C1. The second-order valence-electron chi connectivity index (χ2n) is 5.60. The number of benzene rings is 1. The van der Waals surface area contributed by atoms with Crippen molar-refractivity contribution in [3.8, 4) is 10.6 Å². The summed E-state index contributed by atoms with van der Waals surface area (Å²) in [5.41, 5.74) is 0.0730. The lowest BCUT2D eigenvalue weighted by Gasteiger charge is -2.15. The molecule has 1 N–H and O–H groups in total. The number of carbonyl (C=O) groups excluding carboxylic acids is 1. The highest BCUT2D eigenvalue weighted by atomic mass is 32.1. The van der Waals surface area contributed by atoms with Gasteiger partial charge in [-0.3, -0.25) is 4.79 Å². The fourth-order valence-electron chi connectivity index (χ4n) is 2.82. The number of thiazole rings is 1. The van der Waals surface area contributed by atoms with Crippen LogP contribution in [0, 0.1) is 17.6 Å². The van der Waals surface area contributed by atoms with E-state index in [-0.39, 0.29) is 22.2 Å². The Hall–Kier alpha value is -1.86. The molecule has 1 aromatic heterocycles. The first-order valence-electron chi connectivity index (χ1n) is 7.44. The van der Waals surface area contributed by atoms with Gasteiger partial charge in [-0.15, -0.1) is 11.3 Å². The smallest absolute Gasteiger partial charge is 0.273 e. The molecule has 1 atom stereocenters. The van der Waals surface area contributed by atoms with Crippen molar-refractivity contribution in [2.45, 2.75) is 6.42 Å². The third-order valence-corrected chi connectivity index (χ3v) is 4.83. The summed E-state index contributed by atoms with van der Waals surface area (Å²) in [6, 6.07) is 3.67. The molecule has 1 amide bonds. The summed E-state index contributed by atoms with van der Waals surface area (Å²) in [6.07, 6.45) is 0.950. The van der Waals surface area contributed by atoms with Crippen molar-refractivity contribution < 1.29 is 13.6 Å². The molecule has 1 aliphatic heterocycles. The minimum atomic E-state index is -0.673. The van der Waals surface area contributed by atoms with Crippen LogP contribution in [-0.2, 0) is 0 Å². The van der Waals surface area contributed by atoms with Crippen LogP contribution >= 0.6 is 11.3 Å². The molecule has 23 heavy (non-hydrogen) atoms. The van der Waals surface area contributed by atoms with E-state index in [4.69, 9.17) is 0 Å². The Labute approximate surface area is 137 Å². The Morgan fingerprint density at radius 2 is 2.17 bits per heavy atom. The molecular formula is C16H17F2N3OS. The lowest BCUT2D eigenvalue weighted by Crippen LogP contribution is -2.30. The number of amides is 1. The fourth-order valence-corrected chi connectivity index (χ4v) is 3.66. The van der Waals surface area contributed by atoms with E-state index >= 15 is 0 Å². The number of halogens is 2. The zero-order chi connectivity index (χ0) is 16.4. The van der Waals surface area contributed by atoms with Crippen molar-refractivity contribution in [1.82, 2.24) is 15.2 Å². The van der Waals surface area contributed by atoms with E-state index in [9.17, 15) is 13.6 Å². The van der Waals surface area contributed by atoms with Gasteiger partial charge in [-0.2, -0.15) is 0 Å². The molecule has 3 rings (SSSR count). The van der Waals surface area contributed by atoms with E-state index in [1.165, 1.54) is 18.2 Å². The molecular weight excluding hydrogens is 320 g/mol. The van der Waals surface area contributed by atoms with Crippen LogP contribution in [0.15, 0.2) is 23.6 Å². The Balaban J connectivity index is 1.78. The van der Waals surface area contributed by atoms with Gasteiger partial charge in [-0.25, -0.2) is 13.8 Å². The van der Waals surface area contributed by atoms with Gasteiger partial charge in [0.15, 0.2) is 0 Å². The van der Waals surface area contributed by atoms with Crippen molar-refractivity contribution >= 4 is 17.2 Å². The average Bonchev–Trinajstić information content (AvgIpc) is 3.16. The number of nitrogens with zero attached hydrogens (tertiary/aromatic N) is 2. The Morgan fingerprint density at radius 1 is 1.43 bits per heavy atom. The Morgan fingerprint density at radius 3 is 2.87 bits per heavy atom. The molecule has 1 fully saturated rings. The van der Waals surface area contributed by atoms with E-state index in [2.05, 4.69) is 10.3 Å². The summed E-state index contributed by atoms with van der Waals surface area (Å²) in [5.74, 6) is -1.09. The van der Waals surface area contributed by atoms with Crippen LogP contribution in [0.5, 0.6) is 0 Å². The van der Waals surface area contributed by atoms with Gasteiger partial charge < -0.3 is 10.2 Å². The minimum Gasteiger partial charge on any atom is -0.337 e.